The van der Waals surface area contributed by atoms with Gasteiger partial charge in [0.15, 0.2) is 0 Å². The van der Waals surface area contributed by atoms with Gasteiger partial charge in [0.2, 0.25) is 0 Å². The van der Waals surface area contributed by atoms with Crippen LogP contribution in [0.4, 0.5) is 5.82 Å². The van der Waals surface area contributed by atoms with Crippen molar-refractivity contribution in [3.05, 3.63) is 65.2 Å². The Hall–Kier alpha value is -2.66. The molecule has 2 aliphatic rings. The van der Waals surface area contributed by atoms with Crippen molar-refractivity contribution in [3.8, 4) is 0 Å². The van der Waals surface area contributed by atoms with E-state index < -0.39 is 0 Å². The second-order valence-corrected chi connectivity index (χ2v) is 8.78. The van der Waals surface area contributed by atoms with E-state index in [1.54, 1.807) is 6.20 Å². The SMILES string of the molecule is [N-]=C(CN1CCCCC1)/C(=C(\O)c1ccccc1)c1ccnc(NC2CCCCC2)c1. The van der Waals surface area contributed by atoms with E-state index in [9.17, 15) is 10.5 Å². The third-order valence-electron chi connectivity index (χ3n) is 6.40. The molecule has 0 bridgehead atoms. The number of nitrogens with one attached hydrogen (secondary N) is 1. The maximum absolute atomic E-state index is 11.2. The van der Waals surface area contributed by atoms with Gasteiger partial charge in [0.05, 0.1) is 0 Å². The smallest absolute Gasteiger partial charge is 0.129 e. The first-order valence-electron chi connectivity index (χ1n) is 11.7. The van der Waals surface area contributed by atoms with Crippen molar-refractivity contribution in [3.63, 3.8) is 0 Å². The maximum Gasteiger partial charge on any atom is 0.129 e. The van der Waals surface area contributed by atoms with Gasteiger partial charge in [0.1, 0.15) is 11.6 Å². The normalized spacial score (nSPS) is 19.0. The van der Waals surface area contributed by atoms with Gasteiger partial charge in [-0.25, -0.2) is 4.98 Å². The molecule has 1 aromatic carbocycles. The van der Waals surface area contributed by atoms with E-state index in [1.165, 1.54) is 25.7 Å². The van der Waals surface area contributed by atoms with Crippen LogP contribution in [0.15, 0.2) is 48.7 Å². The van der Waals surface area contributed by atoms with E-state index in [-0.39, 0.29) is 11.5 Å². The summed E-state index contributed by atoms with van der Waals surface area (Å²) < 4.78 is 0. The number of anilines is 1. The van der Waals surface area contributed by atoms with E-state index in [0.717, 1.165) is 50.2 Å². The lowest BCUT2D eigenvalue weighted by atomic mass is 9.95. The molecule has 2 fully saturated rings. The molecule has 0 spiro atoms. The molecule has 5 nitrogen and oxygen atoms in total. The lowest BCUT2D eigenvalue weighted by Crippen LogP contribution is -2.34. The van der Waals surface area contributed by atoms with Gasteiger partial charge in [0, 0.05) is 29.9 Å². The molecule has 2 N–H and O–H groups in total. The molecule has 2 aromatic rings. The summed E-state index contributed by atoms with van der Waals surface area (Å²) in [5.74, 6) is 0.901. The van der Waals surface area contributed by atoms with Crippen molar-refractivity contribution in [2.45, 2.75) is 57.4 Å². The van der Waals surface area contributed by atoms with Crippen LogP contribution in [-0.2, 0) is 0 Å². The molecule has 1 aliphatic carbocycles. The van der Waals surface area contributed by atoms with E-state index in [1.807, 2.05) is 42.5 Å². The summed E-state index contributed by atoms with van der Waals surface area (Å²) in [6.07, 6.45) is 11.4. The lowest BCUT2D eigenvalue weighted by molar-refractivity contribution is 0.259. The zero-order valence-corrected chi connectivity index (χ0v) is 18.3. The molecule has 1 saturated carbocycles. The fourth-order valence-corrected chi connectivity index (χ4v) is 4.71. The zero-order valence-electron chi connectivity index (χ0n) is 18.3. The molecule has 0 atom stereocenters. The zero-order chi connectivity index (χ0) is 21.5. The molecule has 4 rings (SSSR count). The first-order chi connectivity index (χ1) is 15.2. The van der Waals surface area contributed by atoms with Gasteiger partial charge in [-0.05, 0) is 56.5 Å². The highest BCUT2D eigenvalue weighted by molar-refractivity contribution is 6.31. The molecule has 31 heavy (non-hydrogen) atoms. The Morgan fingerprint density at radius 1 is 0.968 bits per heavy atom. The predicted molar refractivity (Wildman–Crippen MR) is 129 cm³/mol. The van der Waals surface area contributed by atoms with Gasteiger partial charge in [0.25, 0.3) is 0 Å². The van der Waals surface area contributed by atoms with Crippen molar-refractivity contribution in [1.82, 2.24) is 9.88 Å². The van der Waals surface area contributed by atoms with Gasteiger partial charge in [-0.1, -0.05) is 56.0 Å². The molecule has 1 saturated heterocycles. The Morgan fingerprint density at radius 3 is 2.42 bits per heavy atom. The molecule has 0 amide bonds. The number of pyridine rings is 1. The molecular formula is C26H33N4O-. The van der Waals surface area contributed by atoms with Crippen molar-refractivity contribution < 1.29 is 5.11 Å². The average molecular weight is 418 g/mol. The van der Waals surface area contributed by atoms with Gasteiger partial charge in [-0.3, -0.25) is 0 Å². The number of aromatic nitrogens is 1. The minimum Gasteiger partial charge on any atom is -0.806 e. The van der Waals surface area contributed by atoms with E-state index in [4.69, 9.17) is 0 Å². The van der Waals surface area contributed by atoms with E-state index in [2.05, 4.69) is 15.2 Å². The van der Waals surface area contributed by atoms with Crippen LogP contribution in [0.2, 0.25) is 0 Å². The molecule has 1 aliphatic heterocycles. The van der Waals surface area contributed by atoms with Gasteiger partial charge >= 0.3 is 0 Å². The molecule has 1 aromatic heterocycles. The summed E-state index contributed by atoms with van der Waals surface area (Å²) in [5.41, 5.74) is 2.18. The molecular weight excluding hydrogens is 384 g/mol. The van der Waals surface area contributed by atoms with Crippen molar-refractivity contribution in [1.29, 1.82) is 0 Å². The Balaban J connectivity index is 1.63. The highest BCUT2D eigenvalue weighted by atomic mass is 16.3. The third kappa shape index (κ3) is 5.73. The second-order valence-electron chi connectivity index (χ2n) is 8.78. The van der Waals surface area contributed by atoms with Crippen LogP contribution < -0.4 is 5.32 Å². The summed E-state index contributed by atoms with van der Waals surface area (Å²) in [7, 11) is 0. The first kappa shape index (κ1) is 21.6. The number of rotatable bonds is 7. The summed E-state index contributed by atoms with van der Waals surface area (Å²) in [5, 5.41) is 25.9. The molecule has 0 unspecified atom stereocenters. The van der Waals surface area contributed by atoms with Crippen LogP contribution in [0.1, 0.15) is 62.5 Å². The van der Waals surface area contributed by atoms with Gasteiger partial charge in [-0.2, -0.15) is 5.71 Å². The molecule has 164 valence electrons. The Bertz CT molecular complexity index is 897. The number of piperidine rings is 1. The summed E-state index contributed by atoms with van der Waals surface area (Å²) >= 11 is 0. The Kier molecular flexibility index (Phi) is 7.36. The van der Waals surface area contributed by atoms with E-state index in [0.29, 0.717) is 23.7 Å². The van der Waals surface area contributed by atoms with Crippen LogP contribution in [0.3, 0.4) is 0 Å². The maximum atomic E-state index is 11.2. The van der Waals surface area contributed by atoms with Crippen LogP contribution in [0, 0.1) is 0 Å². The van der Waals surface area contributed by atoms with Gasteiger partial charge in [-0.15, -0.1) is 0 Å². The Morgan fingerprint density at radius 2 is 1.68 bits per heavy atom. The highest BCUT2D eigenvalue weighted by Crippen LogP contribution is 2.28. The number of nitrogens with zero attached hydrogens (tertiary/aromatic N) is 3. The van der Waals surface area contributed by atoms with E-state index >= 15 is 0 Å². The number of hydrogen-bond acceptors (Lipinski definition) is 4. The monoisotopic (exact) mass is 417 g/mol. The Labute approximate surface area is 185 Å². The van der Waals surface area contributed by atoms with Crippen LogP contribution in [0.5, 0.6) is 0 Å². The van der Waals surface area contributed by atoms with Crippen molar-refractivity contribution in [2.24, 2.45) is 0 Å². The quantitative estimate of drug-likeness (QED) is 0.444. The standard InChI is InChI=1S/C26H33N4O/c27-23(19-30-16-8-3-9-17-30)25(26(31)20-10-4-1-5-11-20)21-14-15-28-24(18-21)29-22-12-6-2-7-13-22/h1,4-5,10-11,14-15,18,22,31H,2-3,6-9,12-13,16-17,19H2,(H,28,29)/q-1/b26-25-. The topological polar surface area (TPSA) is 70.7 Å². The number of aliphatic hydroxyl groups is 1. The third-order valence-corrected chi connectivity index (χ3v) is 6.40. The average Bonchev–Trinajstić information content (AvgIpc) is 2.81. The van der Waals surface area contributed by atoms with Crippen LogP contribution >= 0.6 is 0 Å². The second kappa shape index (κ2) is 10.6. The van der Waals surface area contributed by atoms with Gasteiger partial charge < -0.3 is 20.7 Å². The fraction of sp³-hybridized carbons (Fsp3) is 0.462. The van der Waals surface area contributed by atoms with Crippen LogP contribution in [-0.4, -0.2) is 46.4 Å². The molecule has 2 heterocycles. The fourth-order valence-electron chi connectivity index (χ4n) is 4.71. The minimum absolute atomic E-state index is 0.102. The largest absolute Gasteiger partial charge is 0.806 e. The summed E-state index contributed by atoms with van der Waals surface area (Å²) in [6.45, 7) is 2.41. The summed E-state index contributed by atoms with van der Waals surface area (Å²) in [4.78, 5) is 6.77. The summed E-state index contributed by atoms with van der Waals surface area (Å²) in [6, 6.07) is 13.7. The number of hydrogen-bond donors (Lipinski definition) is 2. The van der Waals surface area contributed by atoms with Crippen molar-refractivity contribution in [2.75, 3.05) is 25.0 Å². The number of likely N-dealkylation sites (tertiary alicyclic amines) is 1. The minimum atomic E-state index is 0.102. The van der Waals surface area contributed by atoms with Crippen LogP contribution in [0.25, 0.3) is 16.7 Å². The first-order valence-corrected chi connectivity index (χ1v) is 11.7. The molecule has 5 heteroatoms. The highest BCUT2D eigenvalue weighted by Gasteiger charge is 2.17. The molecule has 0 radical (unpaired) electrons. The number of aliphatic hydroxyl groups excluding tert-OH is 1. The van der Waals surface area contributed by atoms with Crippen molar-refractivity contribution >= 4 is 22.9 Å². The lowest BCUT2D eigenvalue weighted by Gasteiger charge is -2.31. The number of benzene rings is 1. The predicted octanol–water partition coefficient (Wildman–Crippen LogP) is 5.75.